The summed E-state index contributed by atoms with van der Waals surface area (Å²) >= 11 is 0. The molecular weight excluding hydrogens is 406 g/mol. The van der Waals surface area contributed by atoms with Crippen LogP contribution < -0.4 is 18.5 Å². The van der Waals surface area contributed by atoms with E-state index < -0.39 is 22.5 Å². The molecule has 0 radical (unpaired) electrons. The Kier molecular flexibility index (Phi) is 6.58. The molecule has 8 heteroatoms. The number of benzene rings is 3. The van der Waals surface area contributed by atoms with Crippen LogP contribution in [0.25, 0.3) is 0 Å². The molecule has 0 saturated carbocycles. The van der Waals surface area contributed by atoms with Gasteiger partial charge in [-0.3, -0.25) is 4.79 Å². The van der Waals surface area contributed by atoms with Gasteiger partial charge in [-0.05, 0) is 60.7 Å². The predicted octanol–water partition coefficient (Wildman–Crippen LogP) is 3.50. The van der Waals surface area contributed by atoms with Crippen LogP contribution in [0.3, 0.4) is 0 Å². The number of carbonyl (C=O) groups excluding carboxylic acids is 1. The fourth-order valence-corrected chi connectivity index (χ4v) is 4.14. The molecule has 156 valence electrons. The lowest BCUT2D eigenvalue weighted by Gasteiger charge is -2.23. The van der Waals surface area contributed by atoms with E-state index in [1.54, 1.807) is 61.7 Å². The number of carbonyl (C=O) groups is 1. The van der Waals surface area contributed by atoms with Crippen molar-refractivity contribution < 1.29 is 27.4 Å². The summed E-state index contributed by atoms with van der Waals surface area (Å²) in [7, 11) is -1.10. The van der Waals surface area contributed by atoms with Gasteiger partial charge in [-0.15, -0.1) is 0 Å². The van der Waals surface area contributed by atoms with Gasteiger partial charge in [0.15, 0.2) is 6.61 Å². The third-order valence-corrected chi connectivity index (χ3v) is 6.00. The molecule has 0 aliphatic heterocycles. The van der Waals surface area contributed by atoms with Gasteiger partial charge >= 0.3 is 0 Å². The summed E-state index contributed by atoms with van der Waals surface area (Å²) in [6.45, 7) is -0.468. The SMILES string of the molecule is COc1ccc(OCC(=O)N(c2ccc(OC)cc2)S(=O)(=O)c2ccccc2)cc1. The summed E-state index contributed by atoms with van der Waals surface area (Å²) in [5, 5.41) is 0. The van der Waals surface area contributed by atoms with Gasteiger partial charge in [0.25, 0.3) is 15.9 Å². The highest BCUT2D eigenvalue weighted by Crippen LogP contribution is 2.26. The molecule has 0 saturated heterocycles. The highest BCUT2D eigenvalue weighted by molar-refractivity contribution is 7.93. The lowest BCUT2D eigenvalue weighted by molar-refractivity contribution is -0.119. The normalized spacial score (nSPS) is 10.9. The lowest BCUT2D eigenvalue weighted by atomic mass is 10.3. The maximum Gasteiger partial charge on any atom is 0.278 e. The minimum atomic E-state index is -4.15. The van der Waals surface area contributed by atoms with Crippen molar-refractivity contribution in [3.8, 4) is 17.2 Å². The zero-order valence-corrected chi connectivity index (χ0v) is 17.3. The molecule has 0 aliphatic rings. The maximum atomic E-state index is 13.2. The second-order valence-corrected chi connectivity index (χ2v) is 7.93. The van der Waals surface area contributed by atoms with Gasteiger partial charge in [-0.25, -0.2) is 8.42 Å². The van der Waals surface area contributed by atoms with E-state index in [0.29, 0.717) is 17.2 Å². The summed E-state index contributed by atoms with van der Waals surface area (Å²) in [5.74, 6) is 0.855. The van der Waals surface area contributed by atoms with E-state index >= 15 is 0 Å². The van der Waals surface area contributed by atoms with Crippen LogP contribution >= 0.6 is 0 Å². The molecule has 0 spiro atoms. The number of methoxy groups -OCH3 is 2. The first-order valence-electron chi connectivity index (χ1n) is 9.00. The van der Waals surface area contributed by atoms with Crippen LogP contribution in [0.5, 0.6) is 17.2 Å². The van der Waals surface area contributed by atoms with Crippen molar-refractivity contribution in [3.05, 3.63) is 78.9 Å². The number of ether oxygens (including phenoxy) is 3. The molecule has 1 amide bonds. The Morgan fingerprint density at radius 1 is 0.767 bits per heavy atom. The van der Waals surface area contributed by atoms with E-state index in [9.17, 15) is 13.2 Å². The van der Waals surface area contributed by atoms with Gasteiger partial charge < -0.3 is 14.2 Å². The van der Waals surface area contributed by atoms with E-state index in [1.165, 1.54) is 31.4 Å². The minimum absolute atomic E-state index is 0.00128. The second-order valence-electron chi connectivity index (χ2n) is 6.14. The van der Waals surface area contributed by atoms with Gasteiger partial charge in [0.05, 0.1) is 24.8 Å². The highest BCUT2D eigenvalue weighted by Gasteiger charge is 2.31. The molecule has 7 nitrogen and oxygen atoms in total. The topological polar surface area (TPSA) is 82.1 Å². The first kappa shape index (κ1) is 21.2. The van der Waals surface area contributed by atoms with Crippen molar-refractivity contribution in [3.63, 3.8) is 0 Å². The number of anilines is 1. The van der Waals surface area contributed by atoms with Gasteiger partial charge in [-0.1, -0.05) is 18.2 Å². The number of sulfonamides is 1. The molecule has 3 aromatic rings. The zero-order valence-electron chi connectivity index (χ0n) is 16.5. The molecule has 0 N–H and O–H groups in total. The Labute approximate surface area is 175 Å². The van der Waals surface area contributed by atoms with Crippen LogP contribution in [-0.2, 0) is 14.8 Å². The summed E-state index contributed by atoms with van der Waals surface area (Å²) in [4.78, 5) is 13.0. The first-order chi connectivity index (χ1) is 14.5. The number of rotatable bonds is 8. The van der Waals surface area contributed by atoms with Gasteiger partial charge in [0.2, 0.25) is 0 Å². The molecule has 0 aromatic heterocycles. The molecule has 0 unspecified atom stereocenters. The number of amides is 1. The van der Waals surface area contributed by atoms with Gasteiger partial charge in [-0.2, -0.15) is 4.31 Å². The Balaban J connectivity index is 1.90. The number of hydrogen-bond acceptors (Lipinski definition) is 6. The third-order valence-electron chi connectivity index (χ3n) is 4.24. The Morgan fingerprint density at radius 2 is 1.27 bits per heavy atom. The van der Waals surface area contributed by atoms with Gasteiger partial charge in [0, 0.05) is 0 Å². The zero-order chi connectivity index (χ0) is 21.6. The van der Waals surface area contributed by atoms with Crippen molar-refractivity contribution in [1.29, 1.82) is 0 Å². The van der Waals surface area contributed by atoms with Crippen LogP contribution in [0.1, 0.15) is 0 Å². The molecule has 3 aromatic carbocycles. The quantitative estimate of drug-likeness (QED) is 0.547. The molecule has 0 fully saturated rings. The summed E-state index contributed by atoms with van der Waals surface area (Å²) < 4.78 is 42.9. The Bertz CT molecular complexity index is 1080. The molecule has 0 atom stereocenters. The van der Waals surface area contributed by atoms with Crippen LogP contribution in [0, 0.1) is 0 Å². The van der Waals surface area contributed by atoms with E-state index in [2.05, 4.69) is 0 Å². The lowest BCUT2D eigenvalue weighted by Crippen LogP contribution is -2.40. The average Bonchev–Trinajstić information content (AvgIpc) is 2.79. The van der Waals surface area contributed by atoms with Crippen LogP contribution in [0.4, 0.5) is 5.69 Å². The smallest absolute Gasteiger partial charge is 0.278 e. The van der Waals surface area contributed by atoms with Crippen LogP contribution in [-0.4, -0.2) is 35.2 Å². The van der Waals surface area contributed by atoms with Crippen molar-refractivity contribution in [2.75, 3.05) is 25.1 Å². The molecule has 30 heavy (non-hydrogen) atoms. The molecule has 0 heterocycles. The van der Waals surface area contributed by atoms with E-state index in [4.69, 9.17) is 14.2 Å². The van der Waals surface area contributed by atoms with Gasteiger partial charge in [0.1, 0.15) is 17.2 Å². The summed E-state index contributed by atoms with van der Waals surface area (Å²) in [5.41, 5.74) is 0.183. The maximum absolute atomic E-state index is 13.2. The minimum Gasteiger partial charge on any atom is -0.497 e. The summed E-state index contributed by atoms with van der Waals surface area (Å²) in [6.07, 6.45) is 0. The number of nitrogens with zero attached hydrogens (tertiary/aromatic N) is 1. The van der Waals surface area contributed by atoms with Crippen molar-refractivity contribution in [1.82, 2.24) is 0 Å². The highest BCUT2D eigenvalue weighted by atomic mass is 32.2. The predicted molar refractivity (Wildman–Crippen MR) is 113 cm³/mol. The first-order valence-corrected chi connectivity index (χ1v) is 10.4. The molecule has 0 aliphatic carbocycles. The third kappa shape index (κ3) is 4.72. The van der Waals surface area contributed by atoms with Crippen molar-refractivity contribution in [2.45, 2.75) is 4.90 Å². The second kappa shape index (κ2) is 9.32. The van der Waals surface area contributed by atoms with Crippen molar-refractivity contribution in [2.24, 2.45) is 0 Å². The molecule has 3 rings (SSSR count). The Hall–Kier alpha value is -3.52. The van der Waals surface area contributed by atoms with Crippen LogP contribution in [0.15, 0.2) is 83.8 Å². The summed E-state index contributed by atoms with van der Waals surface area (Å²) in [6, 6.07) is 20.6. The van der Waals surface area contributed by atoms with E-state index in [1.807, 2.05) is 0 Å². The fraction of sp³-hybridized carbons (Fsp3) is 0.136. The average molecular weight is 427 g/mol. The van der Waals surface area contributed by atoms with E-state index in [0.717, 1.165) is 4.31 Å². The van der Waals surface area contributed by atoms with Crippen molar-refractivity contribution >= 4 is 21.6 Å². The van der Waals surface area contributed by atoms with Crippen LogP contribution in [0.2, 0.25) is 0 Å². The molecular formula is C22H21NO6S. The standard InChI is InChI=1S/C22H21NO6S/c1-27-18-10-8-17(9-11-18)23(30(25,26)21-6-4-3-5-7-21)22(24)16-29-20-14-12-19(28-2)13-15-20/h3-15H,16H2,1-2H3. The number of hydrogen-bond donors (Lipinski definition) is 0. The Morgan fingerprint density at radius 3 is 1.80 bits per heavy atom. The molecule has 0 bridgehead atoms. The monoisotopic (exact) mass is 427 g/mol. The largest absolute Gasteiger partial charge is 0.497 e. The fourth-order valence-electron chi connectivity index (χ4n) is 2.71. The van der Waals surface area contributed by atoms with E-state index in [-0.39, 0.29) is 10.6 Å².